The van der Waals surface area contributed by atoms with Gasteiger partial charge in [0.25, 0.3) is 0 Å². The van der Waals surface area contributed by atoms with Crippen molar-refractivity contribution in [2.24, 2.45) is 0 Å². The fourth-order valence-corrected chi connectivity index (χ4v) is 1.39. The van der Waals surface area contributed by atoms with E-state index < -0.39 is 6.29 Å². The standard InChI is InChI=1S/C9H10N2O2.ClH/c12-9(13)5-11-6-10-7-3-1-2-4-8(7)11;/h1-4,6,9,12-13H,5H2;1H. The number of rotatable bonds is 2. The number of aliphatic hydroxyl groups excluding tert-OH is 1. The van der Waals surface area contributed by atoms with Crippen molar-refractivity contribution < 1.29 is 27.2 Å². The summed E-state index contributed by atoms with van der Waals surface area (Å²) in [5, 5.41) is 17.6. The molecule has 3 N–H and O–H groups in total. The molecule has 0 amide bonds. The van der Waals surface area contributed by atoms with Crippen LogP contribution in [0.4, 0.5) is 0 Å². The molecule has 2 rings (SSSR count). The molecule has 0 unspecified atom stereocenters. The number of hydrogen-bond acceptors (Lipinski definition) is 2. The van der Waals surface area contributed by atoms with Crippen molar-refractivity contribution >= 4 is 11.0 Å². The molecular formula is C9H11ClN2O2. The number of benzene rings is 1. The first-order chi connectivity index (χ1) is 6.27. The van der Waals surface area contributed by atoms with Gasteiger partial charge in [-0.1, -0.05) is 12.1 Å². The van der Waals surface area contributed by atoms with Gasteiger partial charge in [-0.2, -0.15) is 0 Å². The average molecular weight is 215 g/mol. The molecule has 1 aromatic carbocycles. The SMILES string of the molecule is OC(O)C[n+]1c[nH]c2ccccc21.[Cl-]. The number of para-hydroxylation sites is 2. The lowest BCUT2D eigenvalue weighted by molar-refractivity contribution is -0.685. The van der Waals surface area contributed by atoms with E-state index in [1.54, 1.807) is 10.9 Å². The number of aliphatic hydroxyl groups is 2. The lowest BCUT2D eigenvalue weighted by Gasteiger charge is -1.98. The van der Waals surface area contributed by atoms with E-state index in [2.05, 4.69) is 4.98 Å². The third-order valence-corrected chi connectivity index (χ3v) is 1.95. The molecule has 0 atom stereocenters. The Morgan fingerprint density at radius 2 is 2.00 bits per heavy atom. The zero-order valence-corrected chi connectivity index (χ0v) is 8.15. The first-order valence-corrected chi connectivity index (χ1v) is 4.09. The molecule has 14 heavy (non-hydrogen) atoms. The lowest BCUT2D eigenvalue weighted by Crippen LogP contribution is -3.00. The summed E-state index contributed by atoms with van der Waals surface area (Å²) in [6, 6.07) is 7.71. The third kappa shape index (κ3) is 2.04. The molecule has 0 saturated carbocycles. The summed E-state index contributed by atoms with van der Waals surface area (Å²) in [5.74, 6) is 0. The van der Waals surface area contributed by atoms with Crippen LogP contribution in [-0.4, -0.2) is 21.5 Å². The maximum absolute atomic E-state index is 8.80. The van der Waals surface area contributed by atoms with Crippen LogP contribution in [0.1, 0.15) is 0 Å². The van der Waals surface area contributed by atoms with Crippen LogP contribution in [0.25, 0.3) is 11.0 Å². The Bertz CT molecular complexity index is 414. The van der Waals surface area contributed by atoms with Gasteiger partial charge in [0.2, 0.25) is 6.33 Å². The number of nitrogens with one attached hydrogen (secondary N) is 1. The van der Waals surface area contributed by atoms with E-state index in [1.165, 1.54) is 0 Å². The van der Waals surface area contributed by atoms with Crippen LogP contribution in [0.15, 0.2) is 30.6 Å². The van der Waals surface area contributed by atoms with Gasteiger partial charge in [0.15, 0.2) is 17.3 Å². The van der Waals surface area contributed by atoms with Crippen molar-refractivity contribution in [1.29, 1.82) is 0 Å². The van der Waals surface area contributed by atoms with E-state index in [9.17, 15) is 0 Å². The minimum atomic E-state index is -1.32. The molecule has 0 aliphatic heterocycles. The second-order valence-electron chi connectivity index (χ2n) is 2.92. The Kier molecular flexibility index (Phi) is 3.46. The van der Waals surface area contributed by atoms with Gasteiger partial charge in [0.05, 0.1) is 0 Å². The molecular weight excluding hydrogens is 204 g/mol. The molecule has 0 spiro atoms. The van der Waals surface area contributed by atoms with Crippen molar-refractivity contribution in [3.63, 3.8) is 0 Å². The van der Waals surface area contributed by atoms with Crippen molar-refractivity contribution in [3.05, 3.63) is 30.6 Å². The molecule has 0 fully saturated rings. The number of aromatic amines is 1. The molecule has 0 aliphatic carbocycles. The second kappa shape index (κ2) is 4.41. The predicted molar refractivity (Wildman–Crippen MR) is 46.7 cm³/mol. The number of halogens is 1. The highest BCUT2D eigenvalue weighted by atomic mass is 35.5. The van der Waals surface area contributed by atoms with Crippen molar-refractivity contribution in [1.82, 2.24) is 4.98 Å². The fraction of sp³-hybridized carbons (Fsp3) is 0.222. The van der Waals surface area contributed by atoms with Crippen LogP contribution in [0, 0.1) is 0 Å². The van der Waals surface area contributed by atoms with Crippen LogP contribution >= 0.6 is 0 Å². The predicted octanol–water partition coefficient (Wildman–Crippen LogP) is -3.23. The highest BCUT2D eigenvalue weighted by molar-refractivity contribution is 5.70. The van der Waals surface area contributed by atoms with E-state index in [1.807, 2.05) is 24.3 Å². The molecule has 1 aromatic heterocycles. The summed E-state index contributed by atoms with van der Waals surface area (Å²) < 4.78 is 1.76. The van der Waals surface area contributed by atoms with Gasteiger partial charge in [-0.3, -0.25) is 0 Å². The Labute approximate surface area is 87.2 Å². The van der Waals surface area contributed by atoms with Gasteiger partial charge in [0, 0.05) is 0 Å². The van der Waals surface area contributed by atoms with Crippen molar-refractivity contribution in [2.75, 3.05) is 0 Å². The summed E-state index contributed by atoms with van der Waals surface area (Å²) >= 11 is 0. The molecule has 0 saturated heterocycles. The van der Waals surface area contributed by atoms with Gasteiger partial charge in [-0.25, -0.2) is 9.55 Å². The minimum absolute atomic E-state index is 0. The Hall–Kier alpha value is -1.10. The quantitative estimate of drug-likeness (QED) is 0.364. The molecule has 0 bridgehead atoms. The van der Waals surface area contributed by atoms with Crippen LogP contribution in [-0.2, 0) is 6.54 Å². The Balaban J connectivity index is 0.000000980. The van der Waals surface area contributed by atoms with Gasteiger partial charge < -0.3 is 22.6 Å². The highest BCUT2D eigenvalue weighted by Crippen LogP contribution is 2.05. The molecule has 1 heterocycles. The monoisotopic (exact) mass is 214 g/mol. The number of hydrogen-bond donors (Lipinski definition) is 3. The normalized spacial score (nSPS) is 10.5. The second-order valence-corrected chi connectivity index (χ2v) is 2.92. The zero-order chi connectivity index (χ0) is 9.26. The zero-order valence-electron chi connectivity index (χ0n) is 7.39. The molecule has 0 aliphatic rings. The average Bonchev–Trinajstić information content (AvgIpc) is 2.48. The van der Waals surface area contributed by atoms with E-state index in [-0.39, 0.29) is 19.0 Å². The number of nitrogens with zero attached hydrogens (tertiary/aromatic N) is 1. The lowest BCUT2D eigenvalue weighted by atomic mass is 10.3. The van der Waals surface area contributed by atoms with Crippen LogP contribution in [0.2, 0.25) is 0 Å². The summed E-state index contributed by atoms with van der Waals surface area (Å²) in [6.07, 6.45) is 0.411. The molecule has 2 aromatic rings. The smallest absolute Gasteiger partial charge is 0.242 e. The van der Waals surface area contributed by atoms with Crippen molar-refractivity contribution in [3.8, 4) is 0 Å². The number of imidazole rings is 1. The summed E-state index contributed by atoms with van der Waals surface area (Å²) in [7, 11) is 0. The summed E-state index contributed by atoms with van der Waals surface area (Å²) in [6.45, 7) is 0.185. The van der Waals surface area contributed by atoms with Gasteiger partial charge in [0.1, 0.15) is 6.54 Å². The first-order valence-electron chi connectivity index (χ1n) is 4.09. The van der Waals surface area contributed by atoms with Gasteiger partial charge >= 0.3 is 0 Å². The van der Waals surface area contributed by atoms with Crippen molar-refractivity contribution in [2.45, 2.75) is 12.8 Å². The van der Waals surface area contributed by atoms with E-state index in [0.29, 0.717) is 0 Å². The highest BCUT2D eigenvalue weighted by Gasteiger charge is 2.10. The topological polar surface area (TPSA) is 60.1 Å². The maximum Gasteiger partial charge on any atom is 0.242 e. The van der Waals surface area contributed by atoms with Gasteiger partial charge in [-0.15, -0.1) is 0 Å². The Morgan fingerprint density at radius 3 is 2.71 bits per heavy atom. The fourth-order valence-electron chi connectivity index (χ4n) is 1.39. The molecule has 76 valence electrons. The largest absolute Gasteiger partial charge is 1.00 e. The van der Waals surface area contributed by atoms with Crippen LogP contribution in [0.3, 0.4) is 0 Å². The maximum atomic E-state index is 8.80. The van der Waals surface area contributed by atoms with Gasteiger partial charge in [-0.05, 0) is 12.1 Å². The van der Waals surface area contributed by atoms with E-state index in [4.69, 9.17) is 10.2 Å². The number of aromatic nitrogens is 2. The number of H-pyrrole nitrogens is 1. The minimum Gasteiger partial charge on any atom is -1.00 e. The summed E-state index contributed by atoms with van der Waals surface area (Å²) in [5.41, 5.74) is 1.96. The molecule has 0 radical (unpaired) electrons. The molecule has 4 nitrogen and oxygen atoms in total. The van der Waals surface area contributed by atoms with E-state index in [0.717, 1.165) is 11.0 Å². The van der Waals surface area contributed by atoms with E-state index >= 15 is 0 Å². The van der Waals surface area contributed by atoms with Crippen LogP contribution < -0.4 is 17.0 Å². The summed E-state index contributed by atoms with van der Waals surface area (Å²) in [4.78, 5) is 3.03. The number of fused-ring (bicyclic) bond motifs is 1. The molecule has 5 heteroatoms. The third-order valence-electron chi connectivity index (χ3n) is 1.95. The Morgan fingerprint density at radius 1 is 1.29 bits per heavy atom. The van der Waals surface area contributed by atoms with Crippen LogP contribution in [0.5, 0.6) is 0 Å². The first kappa shape index (κ1) is 11.0.